The van der Waals surface area contributed by atoms with E-state index in [-0.39, 0.29) is 55.9 Å². The number of aromatic nitrogens is 3. The summed E-state index contributed by atoms with van der Waals surface area (Å²) < 4.78 is 58.6. The van der Waals surface area contributed by atoms with Gasteiger partial charge in [-0.2, -0.15) is 9.97 Å². The molecule has 1 unspecified atom stereocenters. The average molecular weight is 658 g/mol. The van der Waals surface area contributed by atoms with Gasteiger partial charge >= 0.3 is 6.01 Å². The third-order valence-electron chi connectivity index (χ3n) is 8.79. The van der Waals surface area contributed by atoms with Crippen LogP contribution in [0, 0.1) is 22.9 Å². The van der Waals surface area contributed by atoms with Crippen molar-refractivity contribution >= 4 is 45.0 Å². The molecule has 2 saturated heterocycles. The fraction of sp³-hybridized carbons (Fsp3) is 0.485. The molecular formula is C33H39ClF3N7O2. The van der Waals surface area contributed by atoms with E-state index in [0.717, 1.165) is 32.5 Å². The molecule has 4 heterocycles. The molecule has 9 nitrogen and oxygen atoms in total. The molecule has 2 aromatic heterocycles. The number of nitrogens with one attached hydrogen (secondary N) is 1. The number of hydrogen-bond donors (Lipinski definition) is 2. The van der Waals surface area contributed by atoms with Crippen molar-refractivity contribution in [2.24, 2.45) is 5.41 Å². The lowest BCUT2D eigenvalue weighted by molar-refractivity contribution is 0.0231. The number of piperazine rings is 1. The highest BCUT2D eigenvalue weighted by Gasteiger charge is 2.45. The Balaban J connectivity index is 0.00000182. The van der Waals surface area contributed by atoms with Crippen LogP contribution in [0.4, 0.5) is 24.8 Å². The Labute approximate surface area is 271 Å². The maximum atomic E-state index is 16.7. The first kappa shape index (κ1) is 32.5. The standard InChI is InChI=1S/C31H33ClF3N7O2.C2H6/c1-17-14-42(7-6-37-17)29-19-12-20(32)24(25-22(34)13-21(33)18-2-3-23(36)38-27(18)25)26(35)28(19)39-30(40-29)44-16-31(4-5-31)15-41-8-10-43-11-9-41;1-2/h2-3,12-13,17,37H,4-11,14-16H2,1H3,(H2,36,38);1-2H3. The molecule has 0 radical (unpaired) electrons. The molecule has 1 aliphatic carbocycles. The Morgan fingerprint density at radius 3 is 2.48 bits per heavy atom. The van der Waals surface area contributed by atoms with Crippen molar-refractivity contribution in [3.05, 3.63) is 46.7 Å². The van der Waals surface area contributed by atoms with Gasteiger partial charge < -0.3 is 25.4 Å². The highest BCUT2D eigenvalue weighted by Crippen LogP contribution is 2.47. The summed E-state index contributed by atoms with van der Waals surface area (Å²) in [5, 5.41) is 3.67. The summed E-state index contributed by atoms with van der Waals surface area (Å²) in [6.07, 6.45) is 2.03. The lowest BCUT2D eigenvalue weighted by Crippen LogP contribution is -2.49. The smallest absolute Gasteiger partial charge is 0.319 e. The fourth-order valence-corrected chi connectivity index (χ4v) is 6.55. The van der Waals surface area contributed by atoms with Gasteiger partial charge in [-0.15, -0.1) is 0 Å². The van der Waals surface area contributed by atoms with E-state index in [9.17, 15) is 4.39 Å². The summed E-state index contributed by atoms with van der Waals surface area (Å²) in [5.74, 6) is -2.23. The number of nitrogens with zero attached hydrogens (tertiary/aromatic N) is 5. The summed E-state index contributed by atoms with van der Waals surface area (Å²) in [5.41, 5.74) is 5.06. The van der Waals surface area contributed by atoms with Gasteiger partial charge in [0.2, 0.25) is 0 Å². The molecule has 1 saturated carbocycles. The lowest BCUT2D eigenvalue weighted by atomic mass is 9.98. The molecular weight excluding hydrogens is 619 g/mol. The number of pyridine rings is 1. The Kier molecular flexibility index (Phi) is 9.43. The second kappa shape index (κ2) is 13.3. The van der Waals surface area contributed by atoms with E-state index >= 15 is 8.78 Å². The molecule has 0 amide bonds. The number of hydrogen-bond acceptors (Lipinski definition) is 9. The highest BCUT2D eigenvalue weighted by atomic mass is 35.5. The van der Waals surface area contributed by atoms with Gasteiger partial charge in [0.1, 0.15) is 28.8 Å². The van der Waals surface area contributed by atoms with Crippen molar-refractivity contribution in [2.75, 3.05) is 69.7 Å². The van der Waals surface area contributed by atoms with Crippen LogP contribution in [0.25, 0.3) is 32.9 Å². The summed E-state index contributed by atoms with van der Waals surface area (Å²) in [6.45, 7) is 12.5. The maximum Gasteiger partial charge on any atom is 0.319 e. The third kappa shape index (κ3) is 6.40. The molecule has 0 bridgehead atoms. The average Bonchev–Trinajstić information content (AvgIpc) is 3.82. The number of fused-ring (bicyclic) bond motifs is 2. The Bertz CT molecular complexity index is 1750. The molecule has 2 aliphatic heterocycles. The van der Waals surface area contributed by atoms with E-state index in [1.165, 1.54) is 18.2 Å². The number of morpholine rings is 1. The largest absolute Gasteiger partial charge is 0.463 e. The first-order valence-corrected chi connectivity index (χ1v) is 16.2. The predicted molar refractivity (Wildman–Crippen MR) is 175 cm³/mol. The summed E-state index contributed by atoms with van der Waals surface area (Å²) in [4.78, 5) is 17.9. The van der Waals surface area contributed by atoms with Gasteiger partial charge in [-0.25, -0.2) is 18.2 Å². The van der Waals surface area contributed by atoms with E-state index in [1.54, 1.807) is 0 Å². The van der Waals surface area contributed by atoms with E-state index in [1.807, 2.05) is 18.7 Å². The van der Waals surface area contributed by atoms with Crippen LogP contribution in [0.1, 0.15) is 33.6 Å². The molecule has 3 fully saturated rings. The molecule has 0 spiro atoms. The van der Waals surface area contributed by atoms with Crippen LogP contribution >= 0.6 is 11.6 Å². The molecule has 1 atom stereocenters. The Morgan fingerprint density at radius 1 is 1.00 bits per heavy atom. The van der Waals surface area contributed by atoms with Crippen LogP contribution in [0.15, 0.2) is 24.3 Å². The van der Waals surface area contributed by atoms with Gasteiger partial charge in [-0.3, -0.25) is 4.90 Å². The number of benzene rings is 2. The zero-order valence-corrected chi connectivity index (χ0v) is 27.1. The van der Waals surface area contributed by atoms with Gasteiger partial charge in [-0.1, -0.05) is 25.4 Å². The number of nitrogens with two attached hydrogens (primary N) is 1. The molecule has 2 aromatic carbocycles. The van der Waals surface area contributed by atoms with Crippen LogP contribution in [0.3, 0.4) is 0 Å². The van der Waals surface area contributed by atoms with Crippen LogP contribution < -0.4 is 20.7 Å². The minimum Gasteiger partial charge on any atom is -0.463 e. The molecule has 246 valence electrons. The van der Waals surface area contributed by atoms with E-state index in [0.29, 0.717) is 56.7 Å². The molecule has 4 aromatic rings. The number of halogens is 4. The predicted octanol–water partition coefficient (Wildman–Crippen LogP) is 5.81. The topological polar surface area (TPSA) is 102 Å². The van der Waals surface area contributed by atoms with E-state index in [4.69, 9.17) is 31.8 Å². The minimum absolute atomic E-state index is 0.0108. The van der Waals surface area contributed by atoms with E-state index < -0.39 is 17.5 Å². The summed E-state index contributed by atoms with van der Waals surface area (Å²) >= 11 is 6.71. The van der Waals surface area contributed by atoms with Crippen molar-refractivity contribution in [3.63, 3.8) is 0 Å². The third-order valence-corrected chi connectivity index (χ3v) is 9.09. The molecule has 3 aliphatic rings. The Morgan fingerprint density at radius 2 is 1.76 bits per heavy atom. The van der Waals surface area contributed by atoms with Crippen molar-refractivity contribution in [2.45, 2.75) is 39.7 Å². The van der Waals surface area contributed by atoms with Gasteiger partial charge in [0.25, 0.3) is 0 Å². The SMILES string of the molecule is CC.CC1CN(c2nc(OCC3(CN4CCOCC4)CC3)nc3c(F)c(-c4c(F)cc(F)c5ccc(N)nc45)c(Cl)cc23)CCN1. The highest BCUT2D eigenvalue weighted by molar-refractivity contribution is 6.35. The van der Waals surface area contributed by atoms with Crippen molar-refractivity contribution in [1.29, 1.82) is 0 Å². The van der Waals surface area contributed by atoms with Crippen LogP contribution in [0.5, 0.6) is 6.01 Å². The van der Waals surface area contributed by atoms with E-state index in [2.05, 4.69) is 27.1 Å². The monoisotopic (exact) mass is 657 g/mol. The maximum absolute atomic E-state index is 16.7. The number of nitrogen functional groups attached to an aromatic ring is 1. The second-order valence-corrected chi connectivity index (χ2v) is 12.5. The second-order valence-electron chi connectivity index (χ2n) is 12.1. The first-order chi connectivity index (χ1) is 22.2. The number of rotatable bonds is 7. The lowest BCUT2D eigenvalue weighted by Gasteiger charge is -2.33. The summed E-state index contributed by atoms with van der Waals surface area (Å²) in [7, 11) is 0. The fourth-order valence-electron chi connectivity index (χ4n) is 6.27. The Hall–Kier alpha value is -3.45. The minimum atomic E-state index is -1.02. The number of anilines is 2. The van der Waals surface area contributed by atoms with Gasteiger partial charge in [0, 0.05) is 78.7 Å². The number of ether oxygens (including phenoxy) is 2. The van der Waals surface area contributed by atoms with Gasteiger partial charge in [0.15, 0.2) is 5.82 Å². The molecule has 13 heteroatoms. The van der Waals surface area contributed by atoms with Gasteiger partial charge in [-0.05, 0) is 38.0 Å². The van der Waals surface area contributed by atoms with Crippen molar-refractivity contribution in [1.82, 2.24) is 25.2 Å². The first-order valence-electron chi connectivity index (χ1n) is 15.9. The van der Waals surface area contributed by atoms with Crippen molar-refractivity contribution in [3.8, 4) is 17.1 Å². The molecule has 7 rings (SSSR count). The van der Waals surface area contributed by atoms with Crippen LogP contribution in [-0.4, -0.2) is 85.0 Å². The molecule has 46 heavy (non-hydrogen) atoms. The zero-order chi connectivity index (χ0) is 32.6. The normalized spacial score (nSPS) is 19.6. The quantitative estimate of drug-likeness (QED) is 0.255. The van der Waals surface area contributed by atoms with Gasteiger partial charge in [0.05, 0.1) is 30.4 Å². The van der Waals surface area contributed by atoms with Crippen LogP contribution in [-0.2, 0) is 4.74 Å². The van der Waals surface area contributed by atoms with Crippen LogP contribution in [0.2, 0.25) is 5.02 Å². The van der Waals surface area contributed by atoms with Crippen molar-refractivity contribution < 1.29 is 22.6 Å². The molecule has 3 N–H and O–H groups in total. The summed E-state index contributed by atoms with van der Waals surface area (Å²) in [6, 6.07) is 5.20. The zero-order valence-electron chi connectivity index (χ0n) is 26.3.